The number of oxazole rings is 1. The second kappa shape index (κ2) is 5.87. The van der Waals surface area contributed by atoms with Gasteiger partial charge in [-0.15, -0.1) is 0 Å². The zero-order valence-corrected chi connectivity index (χ0v) is 11.2. The van der Waals surface area contributed by atoms with Crippen molar-refractivity contribution in [1.82, 2.24) is 10.3 Å². The number of carbonyl (C=O) groups excluding carboxylic acids is 1. The number of nitrogens with one attached hydrogen (secondary N) is 1. The van der Waals surface area contributed by atoms with Crippen LogP contribution in [0.4, 0.5) is 0 Å². The second-order valence-corrected chi connectivity index (χ2v) is 5.01. The fourth-order valence-corrected chi connectivity index (χ4v) is 2.46. The number of rotatable bonds is 4. The van der Waals surface area contributed by atoms with Crippen LogP contribution in [0.5, 0.6) is 0 Å². The summed E-state index contributed by atoms with van der Waals surface area (Å²) in [6.45, 7) is 2.23. The van der Waals surface area contributed by atoms with Gasteiger partial charge in [0.15, 0.2) is 0 Å². The van der Waals surface area contributed by atoms with Crippen LogP contribution in [-0.4, -0.2) is 10.9 Å². The van der Waals surface area contributed by atoms with Crippen LogP contribution in [0.15, 0.2) is 10.6 Å². The summed E-state index contributed by atoms with van der Waals surface area (Å²) in [7, 11) is 0. The normalized spacial score (nSPS) is 17.7. The molecule has 2 rings (SSSR count). The van der Waals surface area contributed by atoms with Crippen molar-refractivity contribution < 1.29 is 9.21 Å². The van der Waals surface area contributed by atoms with Crippen molar-refractivity contribution in [3.8, 4) is 6.07 Å². The molecule has 19 heavy (non-hydrogen) atoms. The van der Waals surface area contributed by atoms with E-state index in [0.717, 1.165) is 31.4 Å². The molecule has 1 aliphatic carbocycles. The molecule has 0 aromatic carbocycles. The van der Waals surface area contributed by atoms with Crippen LogP contribution in [0.2, 0.25) is 0 Å². The average molecular weight is 261 g/mol. The summed E-state index contributed by atoms with van der Waals surface area (Å²) in [6.07, 6.45) is 6.75. The molecule has 1 heterocycles. The summed E-state index contributed by atoms with van der Waals surface area (Å²) in [6, 6.07) is 2.21. The lowest BCUT2D eigenvalue weighted by Crippen LogP contribution is -2.41. The maximum atomic E-state index is 12.2. The first-order chi connectivity index (χ1) is 9.20. The zero-order valence-electron chi connectivity index (χ0n) is 11.2. The molecular formula is C14H19N3O2. The molecular weight excluding hydrogens is 242 g/mol. The number of amides is 1. The van der Waals surface area contributed by atoms with Crippen molar-refractivity contribution >= 4 is 5.91 Å². The summed E-state index contributed by atoms with van der Waals surface area (Å²) < 4.78 is 5.43. The van der Waals surface area contributed by atoms with Crippen LogP contribution in [0, 0.1) is 16.7 Å². The lowest BCUT2D eigenvalue weighted by Gasteiger charge is -2.28. The van der Waals surface area contributed by atoms with Gasteiger partial charge in [-0.1, -0.05) is 26.2 Å². The van der Waals surface area contributed by atoms with Crippen LogP contribution in [-0.2, 0) is 17.8 Å². The van der Waals surface area contributed by atoms with Crippen molar-refractivity contribution in [2.45, 2.75) is 52.0 Å². The highest BCUT2D eigenvalue weighted by atomic mass is 16.4. The summed E-state index contributed by atoms with van der Waals surface area (Å²) in [5.74, 6) is 1.11. The van der Waals surface area contributed by atoms with Gasteiger partial charge in [0, 0.05) is 6.42 Å². The van der Waals surface area contributed by atoms with Crippen molar-refractivity contribution in [3.05, 3.63) is 17.8 Å². The highest BCUT2D eigenvalue weighted by Gasteiger charge is 2.39. The highest BCUT2D eigenvalue weighted by molar-refractivity contribution is 5.85. The van der Waals surface area contributed by atoms with E-state index in [-0.39, 0.29) is 12.5 Å². The third kappa shape index (κ3) is 2.95. The maximum Gasteiger partial charge on any atom is 0.240 e. The van der Waals surface area contributed by atoms with Gasteiger partial charge < -0.3 is 9.73 Å². The predicted molar refractivity (Wildman–Crippen MR) is 68.9 cm³/mol. The molecule has 0 aliphatic heterocycles. The molecule has 1 aliphatic rings. The molecule has 1 saturated carbocycles. The number of aromatic nitrogens is 1. The van der Waals surface area contributed by atoms with E-state index in [1.54, 1.807) is 6.20 Å². The smallest absolute Gasteiger partial charge is 0.240 e. The minimum Gasteiger partial charge on any atom is -0.444 e. The van der Waals surface area contributed by atoms with E-state index in [1.165, 1.54) is 0 Å². The molecule has 5 heteroatoms. The van der Waals surface area contributed by atoms with E-state index >= 15 is 0 Å². The number of aryl methyl sites for hydroxylation is 1. The van der Waals surface area contributed by atoms with Crippen LogP contribution in [0.25, 0.3) is 0 Å². The van der Waals surface area contributed by atoms with Crippen molar-refractivity contribution in [2.75, 3.05) is 0 Å². The van der Waals surface area contributed by atoms with Crippen molar-refractivity contribution in [3.63, 3.8) is 0 Å². The Morgan fingerprint density at radius 2 is 2.26 bits per heavy atom. The van der Waals surface area contributed by atoms with E-state index < -0.39 is 5.41 Å². The topological polar surface area (TPSA) is 78.9 Å². The molecule has 1 N–H and O–H groups in total. The van der Waals surface area contributed by atoms with E-state index in [1.807, 2.05) is 6.92 Å². The van der Waals surface area contributed by atoms with Gasteiger partial charge in [0.25, 0.3) is 0 Å². The maximum absolute atomic E-state index is 12.2. The molecule has 0 saturated heterocycles. The van der Waals surface area contributed by atoms with Gasteiger partial charge in [-0.3, -0.25) is 4.79 Å². The summed E-state index contributed by atoms with van der Waals surface area (Å²) >= 11 is 0. The summed E-state index contributed by atoms with van der Waals surface area (Å²) in [5, 5.41) is 12.1. The molecule has 0 atom stereocenters. The Balaban J connectivity index is 1.94. The number of hydrogen-bond donors (Lipinski definition) is 1. The molecule has 0 bridgehead atoms. The van der Waals surface area contributed by atoms with Gasteiger partial charge in [0.1, 0.15) is 11.2 Å². The van der Waals surface area contributed by atoms with Gasteiger partial charge >= 0.3 is 0 Å². The van der Waals surface area contributed by atoms with Crippen molar-refractivity contribution in [2.24, 2.45) is 5.41 Å². The standard InChI is InChI=1S/C14H19N3O2/c1-2-11-8-16-12(19-11)9-17-13(18)14(10-15)6-4-3-5-7-14/h8H,2-7,9H2,1H3,(H,17,18). The lowest BCUT2D eigenvalue weighted by atomic mass is 9.74. The quantitative estimate of drug-likeness (QED) is 0.902. The first-order valence-electron chi connectivity index (χ1n) is 6.83. The number of nitrogens with zero attached hydrogens (tertiary/aromatic N) is 2. The number of nitriles is 1. The van der Waals surface area contributed by atoms with E-state index in [2.05, 4.69) is 16.4 Å². The molecule has 5 nitrogen and oxygen atoms in total. The molecule has 102 valence electrons. The van der Waals surface area contributed by atoms with Gasteiger partial charge in [-0.2, -0.15) is 5.26 Å². The Morgan fingerprint density at radius 1 is 1.53 bits per heavy atom. The lowest BCUT2D eigenvalue weighted by molar-refractivity contribution is -0.129. The molecule has 0 unspecified atom stereocenters. The average Bonchev–Trinajstić information content (AvgIpc) is 2.93. The van der Waals surface area contributed by atoms with Crippen LogP contribution in [0.3, 0.4) is 0 Å². The zero-order chi connectivity index (χ0) is 13.7. The Kier molecular flexibility index (Phi) is 4.20. The molecule has 1 aromatic rings. The van der Waals surface area contributed by atoms with Crippen LogP contribution >= 0.6 is 0 Å². The minimum absolute atomic E-state index is 0.189. The molecule has 1 fully saturated rings. The van der Waals surface area contributed by atoms with E-state index in [0.29, 0.717) is 18.7 Å². The summed E-state index contributed by atoms with van der Waals surface area (Å²) in [4.78, 5) is 16.3. The Bertz CT molecular complexity index is 481. The highest BCUT2D eigenvalue weighted by Crippen LogP contribution is 2.35. The SMILES string of the molecule is CCc1cnc(CNC(=O)C2(C#N)CCCCC2)o1. The fraction of sp³-hybridized carbons (Fsp3) is 0.643. The largest absolute Gasteiger partial charge is 0.444 e. The minimum atomic E-state index is -0.849. The first-order valence-corrected chi connectivity index (χ1v) is 6.83. The van der Waals surface area contributed by atoms with Crippen molar-refractivity contribution in [1.29, 1.82) is 5.26 Å². The van der Waals surface area contributed by atoms with Gasteiger partial charge in [-0.05, 0) is 12.8 Å². The van der Waals surface area contributed by atoms with Gasteiger partial charge in [0.05, 0.1) is 18.8 Å². The Labute approximate surface area is 113 Å². The predicted octanol–water partition coefficient (Wildman–Crippen LogP) is 2.33. The monoisotopic (exact) mass is 261 g/mol. The van der Waals surface area contributed by atoms with Gasteiger partial charge in [-0.25, -0.2) is 4.98 Å². The summed E-state index contributed by atoms with van der Waals surface area (Å²) in [5.41, 5.74) is -0.849. The van der Waals surface area contributed by atoms with Gasteiger partial charge in [0.2, 0.25) is 11.8 Å². The molecule has 1 amide bonds. The number of hydrogen-bond acceptors (Lipinski definition) is 4. The fourth-order valence-electron chi connectivity index (χ4n) is 2.46. The number of carbonyl (C=O) groups is 1. The molecule has 0 spiro atoms. The third-order valence-electron chi connectivity index (χ3n) is 3.71. The van der Waals surface area contributed by atoms with E-state index in [9.17, 15) is 10.1 Å². The Hall–Kier alpha value is -1.83. The second-order valence-electron chi connectivity index (χ2n) is 5.01. The third-order valence-corrected chi connectivity index (χ3v) is 3.71. The van der Waals surface area contributed by atoms with E-state index in [4.69, 9.17) is 4.42 Å². The molecule has 1 aromatic heterocycles. The van der Waals surface area contributed by atoms with Crippen LogP contribution < -0.4 is 5.32 Å². The van der Waals surface area contributed by atoms with Crippen LogP contribution in [0.1, 0.15) is 50.7 Å². The first kappa shape index (κ1) is 13.6. The molecule has 0 radical (unpaired) electrons. The Morgan fingerprint density at radius 3 is 2.84 bits per heavy atom.